The largest absolute Gasteiger partial charge is 0.481 e. The van der Waals surface area contributed by atoms with Crippen molar-refractivity contribution in [1.29, 1.82) is 0 Å². The van der Waals surface area contributed by atoms with Crippen LogP contribution in [0.2, 0.25) is 0 Å². The summed E-state index contributed by atoms with van der Waals surface area (Å²) in [6.07, 6.45) is 22.3. The van der Waals surface area contributed by atoms with Crippen molar-refractivity contribution in [2.45, 2.75) is 51.6 Å². The first-order valence-corrected chi connectivity index (χ1v) is 9.29. The molecule has 0 saturated carbocycles. The van der Waals surface area contributed by atoms with Crippen LogP contribution in [0.1, 0.15) is 45.4 Å². The highest BCUT2D eigenvalue weighted by molar-refractivity contribution is 5.95. The van der Waals surface area contributed by atoms with E-state index in [1.54, 1.807) is 12.2 Å². The SMILES string of the molecule is CC/C=C\C/C=C/C/C=C\C[C@@H](O)/C=C/[C@H]1C=CC(=O)[C@H]1CCC(=O)O. The Kier molecular flexibility index (Phi) is 11.0. The van der Waals surface area contributed by atoms with Crippen LogP contribution in [0.3, 0.4) is 0 Å². The molecule has 0 heterocycles. The average molecular weight is 358 g/mol. The number of carboxylic acids is 1. The fraction of sp³-hybridized carbons (Fsp3) is 0.455. The summed E-state index contributed by atoms with van der Waals surface area (Å²) in [7, 11) is 0. The highest BCUT2D eigenvalue weighted by atomic mass is 16.4. The van der Waals surface area contributed by atoms with Gasteiger partial charge >= 0.3 is 5.97 Å². The first kappa shape index (κ1) is 21.8. The minimum Gasteiger partial charge on any atom is -0.481 e. The Morgan fingerprint density at radius 1 is 1.15 bits per heavy atom. The van der Waals surface area contributed by atoms with Gasteiger partial charge in [0.1, 0.15) is 0 Å². The van der Waals surface area contributed by atoms with Crippen LogP contribution in [0, 0.1) is 11.8 Å². The van der Waals surface area contributed by atoms with E-state index in [9.17, 15) is 14.7 Å². The van der Waals surface area contributed by atoms with Crippen LogP contribution in [-0.4, -0.2) is 28.1 Å². The van der Waals surface area contributed by atoms with Crippen LogP contribution >= 0.6 is 0 Å². The fourth-order valence-electron chi connectivity index (χ4n) is 2.74. The molecule has 0 aromatic heterocycles. The van der Waals surface area contributed by atoms with E-state index in [4.69, 9.17) is 5.11 Å². The molecule has 26 heavy (non-hydrogen) atoms. The zero-order chi connectivity index (χ0) is 19.2. The van der Waals surface area contributed by atoms with Gasteiger partial charge in [0.25, 0.3) is 0 Å². The quantitative estimate of drug-likeness (QED) is 0.507. The molecule has 1 aliphatic carbocycles. The van der Waals surface area contributed by atoms with Crippen LogP contribution in [-0.2, 0) is 9.59 Å². The Labute approximate surface area is 156 Å². The van der Waals surface area contributed by atoms with Gasteiger partial charge in [0.2, 0.25) is 0 Å². The number of rotatable bonds is 12. The normalized spacial score (nSPS) is 21.8. The lowest BCUT2D eigenvalue weighted by molar-refractivity contribution is -0.137. The lowest BCUT2D eigenvalue weighted by Gasteiger charge is -2.14. The molecule has 0 aromatic carbocycles. The first-order chi connectivity index (χ1) is 12.5. The molecule has 2 N–H and O–H groups in total. The maximum Gasteiger partial charge on any atom is 0.303 e. The molecule has 0 aliphatic heterocycles. The minimum atomic E-state index is -0.895. The second kappa shape index (κ2) is 13.1. The summed E-state index contributed by atoms with van der Waals surface area (Å²) >= 11 is 0. The lowest BCUT2D eigenvalue weighted by atomic mass is 9.89. The van der Waals surface area contributed by atoms with E-state index in [-0.39, 0.29) is 24.0 Å². The Hall–Kier alpha value is -2.20. The van der Waals surface area contributed by atoms with E-state index < -0.39 is 12.1 Å². The van der Waals surface area contributed by atoms with Crippen LogP contribution in [0.25, 0.3) is 0 Å². The number of hydrogen-bond donors (Lipinski definition) is 2. The molecule has 0 saturated heterocycles. The molecule has 0 fully saturated rings. The van der Waals surface area contributed by atoms with Gasteiger partial charge < -0.3 is 10.2 Å². The maximum absolute atomic E-state index is 11.8. The third-order valence-corrected chi connectivity index (χ3v) is 4.20. The standard InChI is InChI=1S/C22H30O4/c1-2-3-4-5-6-7-8-9-10-11-19(23)14-12-18-13-16-21(24)20(18)15-17-22(25)26/h3-4,6-7,9-10,12-14,16,18-20,23H,2,5,8,11,15,17H2,1H3,(H,25,26)/b4-3-,7-6+,10-9-,14-12+/t18-,19+,20-/m0/s1. The number of ketones is 1. The molecule has 4 heteroatoms. The molecule has 0 aromatic rings. The molecular weight excluding hydrogens is 328 g/mol. The van der Waals surface area contributed by atoms with Gasteiger partial charge in [0.05, 0.1) is 6.10 Å². The summed E-state index contributed by atoms with van der Waals surface area (Å²) < 4.78 is 0. The fourth-order valence-corrected chi connectivity index (χ4v) is 2.74. The van der Waals surface area contributed by atoms with Gasteiger partial charge in [0, 0.05) is 18.3 Å². The van der Waals surface area contributed by atoms with E-state index in [0.29, 0.717) is 12.8 Å². The van der Waals surface area contributed by atoms with Crippen molar-refractivity contribution in [2.24, 2.45) is 11.8 Å². The van der Waals surface area contributed by atoms with E-state index in [0.717, 1.165) is 19.3 Å². The van der Waals surface area contributed by atoms with Crippen LogP contribution < -0.4 is 0 Å². The second-order valence-corrected chi connectivity index (χ2v) is 6.36. The predicted octanol–water partition coefficient (Wildman–Crippen LogP) is 4.39. The number of allylic oxidation sites excluding steroid dienone is 8. The predicted molar refractivity (Wildman–Crippen MR) is 105 cm³/mol. The van der Waals surface area contributed by atoms with Crippen LogP contribution in [0.5, 0.6) is 0 Å². The molecule has 1 rings (SSSR count). The number of aliphatic hydroxyl groups is 1. The highest BCUT2D eigenvalue weighted by Gasteiger charge is 2.28. The summed E-state index contributed by atoms with van der Waals surface area (Å²) in [5.74, 6) is -1.37. The second-order valence-electron chi connectivity index (χ2n) is 6.36. The summed E-state index contributed by atoms with van der Waals surface area (Å²) in [6.45, 7) is 2.11. The molecule has 142 valence electrons. The van der Waals surface area contributed by atoms with Crippen molar-refractivity contribution in [1.82, 2.24) is 0 Å². The van der Waals surface area contributed by atoms with Gasteiger partial charge in [-0.1, -0.05) is 61.6 Å². The third-order valence-electron chi connectivity index (χ3n) is 4.20. The molecule has 0 bridgehead atoms. The van der Waals surface area contributed by atoms with Gasteiger partial charge in [-0.05, 0) is 38.2 Å². The van der Waals surface area contributed by atoms with Gasteiger partial charge in [-0.25, -0.2) is 0 Å². The van der Waals surface area contributed by atoms with Crippen LogP contribution in [0.15, 0.2) is 60.8 Å². The number of carbonyl (C=O) groups excluding carboxylic acids is 1. The lowest BCUT2D eigenvalue weighted by Crippen LogP contribution is -2.16. The summed E-state index contributed by atoms with van der Waals surface area (Å²) in [6, 6.07) is 0. The highest BCUT2D eigenvalue weighted by Crippen LogP contribution is 2.28. The molecule has 0 unspecified atom stereocenters. The van der Waals surface area contributed by atoms with Gasteiger partial charge in [0.15, 0.2) is 5.78 Å². The third kappa shape index (κ3) is 9.33. The van der Waals surface area contributed by atoms with E-state index in [1.165, 1.54) is 6.08 Å². The Morgan fingerprint density at radius 2 is 1.81 bits per heavy atom. The monoisotopic (exact) mass is 358 g/mol. The number of hydrogen-bond acceptors (Lipinski definition) is 3. The van der Waals surface area contributed by atoms with Crippen LogP contribution in [0.4, 0.5) is 0 Å². The Bertz CT molecular complexity index is 581. The van der Waals surface area contributed by atoms with Crippen molar-refractivity contribution in [3.05, 3.63) is 60.8 Å². The van der Waals surface area contributed by atoms with Gasteiger partial charge in [-0.3, -0.25) is 9.59 Å². The first-order valence-electron chi connectivity index (χ1n) is 9.29. The molecule has 0 amide bonds. The molecule has 4 nitrogen and oxygen atoms in total. The summed E-state index contributed by atoms with van der Waals surface area (Å²) in [5.41, 5.74) is 0. The topological polar surface area (TPSA) is 74.6 Å². The van der Waals surface area contributed by atoms with Crippen molar-refractivity contribution < 1.29 is 19.8 Å². The molecule has 1 aliphatic rings. The number of aliphatic carboxylic acids is 1. The average Bonchev–Trinajstić information content (AvgIpc) is 2.96. The van der Waals surface area contributed by atoms with Crippen molar-refractivity contribution in [3.63, 3.8) is 0 Å². The summed E-state index contributed by atoms with van der Waals surface area (Å²) in [5, 5.41) is 18.8. The summed E-state index contributed by atoms with van der Waals surface area (Å²) in [4.78, 5) is 22.5. The number of carbonyl (C=O) groups is 2. The Morgan fingerprint density at radius 3 is 2.46 bits per heavy atom. The molecule has 0 radical (unpaired) electrons. The van der Waals surface area contributed by atoms with E-state index >= 15 is 0 Å². The molecule has 3 atom stereocenters. The van der Waals surface area contributed by atoms with Crippen molar-refractivity contribution in [3.8, 4) is 0 Å². The molecular formula is C22H30O4. The Balaban J connectivity index is 2.32. The zero-order valence-electron chi connectivity index (χ0n) is 15.5. The minimum absolute atomic E-state index is 0.0184. The van der Waals surface area contributed by atoms with E-state index in [2.05, 4.69) is 31.2 Å². The maximum atomic E-state index is 11.8. The molecule has 0 spiro atoms. The smallest absolute Gasteiger partial charge is 0.303 e. The van der Waals surface area contributed by atoms with E-state index in [1.807, 2.05) is 18.2 Å². The van der Waals surface area contributed by atoms with Gasteiger partial charge in [-0.2, -0.15) is 0 Å². The zero-order valence-corrected chi connectivity index (χ0v) is 15.5. The van der Waals surface area contributed by atoms with Crippen molar-refractivity contribution >= 4 is 11.8 Å². The van der Waals surface area contributed by atoms with Crippen molar-refractivity contribution in [2.75, 3.05) is 0 Å². The number of aliphatic hydroxyl groups excluding tert-OH is 1. The van der Waals surface area contributed by atoms with Gasteiger partial charge in [-0.15, -0.1) is 0 Å². The number of carboxylic acid groups (broad SMARTS) is 1.